The quantitative estimate of drug-likeness (QED) is 0.561. The van der Waals surface area contributed by atoms with Crippen molar-refractivity contribution in [2.45, 2.75) is 13.8 Å². The van der Waals surface area contributed by atoms with Gasteiger partial charge < -0.3 is 10.2 Å². The fourth-order valence-corrected chi connectivity index (χ4v) is 3.35. The Morgan fingerprint density at radius 2 is 1.61 bits per heavy atom. The highest BCUT2D eigenvalue weighted by atomic mass is 16.2. The molecule has 0 atom stereocenters. The normalized spacial score (nSPS) is 13.9. The first-order chi connectivity index (χ1) is 13.6. The molecule has 0 bridgehead atoms. The number of carbonyl (C=O) groups is 2. The van der Waals surface area contributed by atoms with E-state index < -0.39 is 0 Å². The predicted molar refractivity (Wildman–Crippen MR) is 114 cm³/mol. The van der Waals surface area contributed by atoms with Crippen LogP contribution in [0.5, 0.6) is 0 Å². The zero-order chi connectivity index (χ0) is 20.1. The van der Waals surface area contributed by atoms with Gasteiger partial charge in [-0.1, -0.05) is 36.4 Å². The number of amides is 2. The Kier molecular flexibility index (Phi) is 5.94. The third-order valence-electron chi connectivity index (χ3n) is 4.81. The fraction of sp³-hybridized carbons (Fsp3) is 0.217. The lowest BCUT2D eigenvalue weighted by molar-refractivity contribution is -0.136. The van der Waals surface area contributed by atoms with Crippen molar-refractivity contribution >= 4 is 28.8 Å². The molecule has 28 heavy (non-hydrogen) atoms. The largest absolute Gasteiger partial charge is 0.372 e. The number of nitrogens with zero attached hydrogens (tertiary/aromatic N) is 2. The second-order valence-corrected chi connectivity index (χ2v) is 6.47. The number of rotatable bonds is 8. The molecule has 2 aromatic carbocycles. The number of anilines is 2. The van der Waals surface area contributed by atoms with Gasteiger partial charge in [-0.25, -0.2) is 0 Å². The Labute approximate surface area is 166 Å². The summed E-state index contributed by atoms with van der Waals surface area (Å²) < 4.78 is 0. The Morgan fingerprint density at radius 3 is 2.18 bits per heavy atom. The fourth-order valence-electron chi connectivity index (χ4n) is 3.35. The van der Waals surface area contributed by atoms with Crippen molar-refractivity contribution in [2.24, 2.45) is 0 Å². The first-order valence-corrected chi connectivity index (χ1v) is 9.49. The standard InChI is InChI=1S/C23H25N3O2/c1-4-16-26-22(27)20(17-10-8-7-9-11-17)21(23(26)28)24-18-12-14-19(15-13-18)25(5-2)6-3/h4,7-15,24H,1,5-6,16H2,2-3H3. The summed E-state index contributed by atoms with van der Waals surface area (Å²) in [6.07, 6.45) is 1.56. The Hall–Kier alpha value is -3.34. The van der Waals surface area contributed by atoms with Crippen molar-refractivity contribution in [3.05, 3.63) is 78.5 Å². The maximum atomic E-state index is 12.9. The molecule has 0 radical (unpaired) electrons. The molecule has 5 heteroatoms. The van der Waals surface area contributed by atoms with Crippen LogP contribution in [0.1, 0.15) is 19.4 Å². The molecule has 1 aliphatic heterocycles. The average molecular weight is 375 g/mol. The lowest BCUT2D eigenvalue weighted by Crippen LogP contribution is -2.32. The van der Waals surface area contributed by atoms with Crippen LogP contribution in [0.4, 0.5) is 11.4 Å². The molecule has 0 saturated heterocycles. The predicted octanol–water partition coefficient (Wildman–Crippen LogP) is 3.91. The number of carbonyl (C=O) groups excluding carboxylic acids is 2. The van der Waals surface area contributed by atoms with Crippen molar-refractivity contribution in [3.8, 4) is 0 Å². The van der Waals surface area contributed by atoms with E-state index in [9.17, 15) is 9.59 Å². The summed E-state index contributed by atoms with van der Waals surface area (Å²) in [6.45, 7) is 9.92. The maximum absolute atomic E-state index is 12.9. The van der Waals surface area contributed by atoms with Gasteiger partial charge in [-0.15, -0.1) is 6.58 Å². The van der Waals surface area contributed by atoms with Crippen LogP contribution in [0.2, 0.25) is 0 Å². The molecule has 1 N–H and O–H groups in total. The van der Waals surface area contributed by atoms with Crippen LogP contribution in [0, 0.1) is 0 Å². The monoisotopic (exact) mass is 375 g/mol. The summed E-state index contributed by atoms with van der Waals surface area (Å²) in [4.78, 5) is 29.2. The molecule has 0 aliphatic carbocycles. The van der Waals surface area contributed by atoms with Crippen LogP contribution in [0.15, 0.2) is 72.9 Å². The summed E-state index contributed by atoms with van der Waals surface area (Å²) in [5, 5.41) is 3.17. The van der Waals surface area contributed by atoms with Crippen molar-refractivity contribution in [1.82, 2.24) is 4.90 Å². The topological polar surface area (TPSA) is 52.7 Å². The van der Waals surface area contributed by atoms with Gasteiger partial charge in [0, 0.05) is 31.0 Å². The van der Waals surface area contributed by atoms with Gasteiger partial charge >= 0.3 is 0 Å². The van der Waals surface area contributed by atoms with E-state index in [1.807, 2.05) is 54.6 Å². The van der Waals surface area contributed by atoms with E-state index >= 15 is 0 Å². The maximum Gasteiger partial charge on any atom is 0.278 e. The zero-order valence-corrected chi connectivity index (χ0v) is 16.3. The van der Waals surface area contributed by atoms with Crippen LogP contribution in [0.3, 0.4) is 0 Å². The number of benzene rings is 2. The zero-order valence-electron chi connectivity index (χ0n) is 16.3. The van der Waals surface area contributed by atoms with E-state index in [-0.39, 0.29) is 18.4 Å². The van der Waals surface area contributed by atoms with Gasteiger partial charge in [0.1, 0.15) is 5.70 Å². The van der Waals surface area contributed by atoms with Crippen LogP contribution < -0.4 is 10.2 Å². The molecule has 5 nitrogen and oxygen atoms in total. The SMILES string of the molecule is C=CCN1C(=O)C(Nc2ccc(N(CC)CC)cc2)=C(c2ccccc2)C1=O. The third-order valence-corrected chi connectivity index (χ3v) is 4.81. The summed E-state index contributed by atoms with van der Waals surface area (Å²) >= 11 is 0. The summed E-state index contributed by atoms with van der Waals surface area (Å²) in [6, 6.07) is 17.1. The number of imide groups is 1. The molecule has 0 saturated carbocycles. The van der Waals surface area contributed by atoms with Crippen LogP contribution in [0.25, 0.3) is 5.57 Å². The molecular formula is C23H25N3O2. The number of hydrogen-bond acceptors (Lipinski definition) is 4. The van der Waals surface area contributed by atoms with E-state index in [2.05, 4.69) is 30.6 Å². The second-order valence-electron chi connectivity index (χ2n) is 6.47. The van der Waals surface area contributed by atoms with E-state index in [0.29, 0.717) is 11.3 Å². The molecule has 1 aliphatic rings. The molecule has 3 rings (SSSR count). The lowest BCUT2D eigenvalue weighted by atomic mass is 10.0. The molecule has 0 aromatic heterocycles. The molecule has 144 valence electrons. The van der Waals surface area contributed by atoms with Gasteiger partial charge in [0.2, 0.25) is 0 Å². The highest BCUT2D eigenvalue weighted by molar-refractivity contribution is 6.36. The first-order valence-electron chi connectivity index (χ1n) is 9.49. The highest BCUT2D eigenvalue weighted by Gasteiger charge is 2.38. The van der Waals surface area contributed by atoms with E-state index in [1.54, 1.807) is 6.08 Å². The highest BCUT2D eigenvalue weighted by Crippen LogP contribution is 2.30. The molecule has 0 spiro atoms. The van der Waals surface area contributed by atoms with Crippen molar-refractivity contribution in [3.63, 3.8) is 0 Å². The molecule has 2 amide bonds. The second kappa shape index (κ2) is 8.57. The first kappa shape index (κ1) is 19.4. The summed E-state index contributed by atoms with van der Waals surface area (Å²) in [5.41, 5.74) is 3.29. The Morgan fingerprint density at radius 1 is 0.964 bits per heavy atom. The minimum absolute atomic E-state index is 0.181. The number of hydrogen-bond donors (Lipinski definition) is 1. The average Bonchev–Trinajstić information content (AvgIpc) is 2.95. The Balaban J connectivity index is 1.96. The smallest absolute Gasteiger partial charge is 0.278 e. The van der Waals surface area contributed by atoms with Gasteiger partial charge in [0.15, 0.2) is 0 Å². The van der Waals surface area contributed by atoms with Crippen LogP contribution >= 0.6 is 0 Å². The van der Waals surface area contributed by atoms with E-state index in [1.165, 1.54) is 4.90 Å². The van der Waals surface area contributed by atoms with E-state index in [0.717, 1.165) is 30.0 Å². The molecule has 2 aromatic rings. The van der Waals surface area contributed by atoms with Crippen molar-refractivity contribution in [1.29, 1.82) is 0 Å². The third kappa shape index (κ3) is 3.69. The van der Waals surface area contributed by atoms with Gasteiger partial charge in [-0.05, 0) is 43.7 Å². The van der Waals surface area contributed by atoms with Crippen molar-refractivity contribution < 1.29 is 9.59 Å². The van der Waals surface area contributed by atoms with E-state index in [4.69, 9.17) is 0 Å². The molecular weight excluding hydrogens is 350 g/mol. The molecule has 0 unspecified atom stereocenters. The van der Waals surface area contributed by atoms with Gasteiger partial charge in [-0.3, -0.25) is 14.5 Å². The summed E-state index contributed by atoms with van der Waals surface area (Å²) in [5.74, 6) is -0.644. The van der Waals surface area contributed by atoms with Crippen LogP contribution in [-0.4, -0.2) is 36.3 Å². The number of nitrogens with one attached hydrogen (secondary N) is 1. The molecule has 0 fully saturated rings. The lowest BCUT2D eigenvalue weighted by Gasteiger charge is -2.21. The van der Waals surface area contributed by atoms with Crippen molar-refractivity contribution in [2.75, 3.05) is 29.9 Å². The summed E-state index contributed by atoms with van der Waals surface area (Å²) in [7, 11) is 0. The van der Waals surface area contributed by atoms with Crippen LogP contribution in [-0.2, 0) is 9.59 Å². The van der Waals surface area contributed by atoms with Gasteiger partial charge in [0.05, 0.1) is 5.57 Å². The Bertz CT molecular complexity index is 897. The van der Waals surface area contributed by atoms with Gasteiger partial charge in [-0.2, -0.15) is 0 Å². The van der Waals surface area contributed by atoms with Gasteiger partial charge in [0.25, 0.3) is 11.8 Å². The minimum Gasteiger partial charge on any atom is -0.372 e. The molecule has 1 heterocycles. The minimum atomic E-state index is -0.337.